The maximum absolute atomic E-state index is 12.4. The minimum Gasteiger partial charge on any atom is -0.394 e. The molecule has 0 aromatic rings. The van der Waals surface area contributed by atoms with Crippen LogP contribution in [0.4, 0.5) is 0 Å². The van der Waals surface area contributed by atoms with Crippen molar-refractivity contribution in [3.8, 4) is 0 Å². The molecule has 0 bridgehead atoms. The lowest BCUT2D eigenvalue weighted by Crippen LogP contribution is -2.45. The van der Waals surface area contributed by atoms with Crippen molar-refractivity contribution in [1.29, 1.82) is 0 Å². The zero-order valence-electron chi connectivity index (χ0n) is 39.5. The molecular formula is C55H101NO3. The molecule has 0 radical (unpaired) electrons. The van der Waals surface area contributed by atoms with Gasteiger partial charge in [-0.15, -0.1) is 0 Å². The van der Waals surface area contributed by atoms with Gasteiger partial charge >= 0.3 is 0 Å². The fraction of sp³-hybridized carbons (Fsp3) is 0.800. The molecular weight excluding hydrogens is 723 g/mol. The molecule has 4 nitrogen and oxygen atoms in total. The van der Waals surface area contributed by atoms with Gasteiger partial charge in [0.05, 0.1) is 18.8 Å². The summed E-state index contributed by atoms with van der Waals surface area (Å²) in [5.74, 6) is -0.0767. The number of allylic oxidation sites excluding steroid dienone is 9. The van der Waals surface area contributed by atoms with E-state index in [1.54, 1.807) is 6.08 Å². The van der Waals surface area contributed by atoms with E-state index < -0.39 is 12.1 Å². The van der Waals surface area contributed by atoms with Crippen LogP contribution >= 0.6 is 0 Å². The van der Waals surface area contributed by atoms with E-state index in [0.717, 1.165) is 44.9 Å². The molecule has 3 N–H and O–H groups in total. The Hall–Kier alpha value is -1.91. The molecule has 0 rings (SSSR count). The molecule has 344 valence electrons. The normalized spacial score (nSPS) is 13.4. The second-order valence-corrected chi connectivity index (χ2v) is 17.6. The van der Waals surface area contributed by atoms with E-state index in [9.17, 15) is 15.0 Å². The van der Waals surface area contributed by atoms with Crippen molar-refractivity contribution in [3.63, 3.8) is 0 Å². The molecule has 0 heterocycles. The number of aliphatic hydroxyl groups excluding tert-OH is 2. The lowest BCUT2D eigenvalue weighted by atomic mass is 10.0. The third-order valence-corrected chi connectivity index (χ3v) is 11.7. The van der Waals surface area contributed by atoms with E-state index in [4.69, 9.17) is 0 Å². The minimum atomic E-state index is -0.869. The first-order valence-corrected chi connectivity index (χ1v) is 26.0. The van der Waals surface area contributed by atoms with Crippen LogP contribution in [0.5, 0.6) is 0 Å². The van der Waals surface area contributed by atoms with E-state index in [2.05, 4.69) is 67.8 Å². The molecule has 0 spiro atoms. The number of hydrogen-bond acceptors (Lipinski definition) is 3. The van der Waals surface area contributed by atoms with Crippen LogP contribution in [0.1, 0.15) is 264 Å². The quantitative estimate of drug-likeness (QED) is 0.0423. The van der Waals surface area contributed by atoms with Crippen LogP contribution in [0.2, 0.25) is 0 Å². The molecule has 1 amide bonds. The van der Waals surface area contributed by atoms with Crippen molar-refractivity contribution in [3.05, 3.63) is 60.8 Å². The molecule has 0 fully saturated rings. The van der Waals surface area contributed by atoms with Gasteiger partial charge in [0, 0.05) is 6.42 Å². The lowest BCUT2D eigenvalue weighted by Gasteiger charge is -2.19. The number of carbonyl (C=O) groups is 1. The molecule has 4 heteroatoms. The van der Waals surface area contributed by atoms with Crippen LogP contribution in [-0.4, -0.2) is 34.9 Å². The molecule has 0 aliphatic heterocycles. The van der Waals surface area contributed by atoms with Crippen molar-refractivity contribution >= 4 is 5.91 Å². The molecule has 0 aliphatic carbocycles. The van der Waals surface area contributed by atoms with E-state index in [1.165, 1.54) is 199 Å². The summed E-state index contributed by atoms with van der Waals surface area (Å²) >= 11 is 0. The molecule has 0 aromatic heterocycles. The van der Waals surface area contributed by atoms with Crippen LogP contribution in [0, 0.1) is 0 Å². The first-order valence-electron chi connectivity index (χ1n) is 26.0. The highest BCUT2D eigenvalue weighted by Crippen LogP contribution is 2.16. The van der Waals surface area contributed by atoms with Gasteiger partial charge in [0.25, 0.3) is 0 Å². The Labute approximate surface area is 368 Å². The van der Waals surface area contributed by atoms with Gasteiger partial charge in [0.2, 0.25) is 5.91 Å². The summed E-state index contributed by atoms with van der Waals surface area (Å²) in [5, 5.41) is 23.0. The van der Waals surface area contributed by atoms with Crippen LogP contribution in [0.15, 0.2) is 60.8 Å². The highest BCUT2D eigenvalue weighted by Gasteiger charge is 2.17. The maximum Gasteiger partial charge on any atom is 0.220 e. The van der Waals surface area contributed by atoms with E-state index >= 15 is 0 Å². The average molecular weight is 824 g/mol. The zero-order chi connectivity index (χ0) is 42.8. The Morgan fingerprint density at radius 1 is 0.407 bits per heavy atom. The lowest BCUT2D eigenvalue weighted by molar-refractivity contribution is -0.123. The van der Waals surface area contributed by atoms with Gasteiger partial charge in [0.1, 0.15) is 0 Å². The summed E-state index contributed by atoms with van der Waals surface area (Å²) in [5.41, 5.74) is 0. The number of hydrogen-bond donors (Lipinski definition) is 3. The highest BCUT2D eigenvalue weighted by atomic mass is 16.3. The van der Waals surface area contributed by atoms with Gasteiger partial charge in [-0.2, -0.15) is 0 Å². The Morgan fingerprint density at radius 3 is 1.10 bits per heavy atom. The van der Waals surface area contributed by atoms with Gasteiger partial charge < -0.3 is 15.5 Å². The third-order valence-electron chi connectivity index (χ3n) is 11.7. The van der Waals surface area contributed by atoms with Crippen LogP contribution in [-0.2, 0) is 4.79 Å². The van der Waals surface area contributed by atoms with Crippen molar-refractivity contribution in [2.75, 3.05) is 6.61 Å². The Balaban J connectivity index is 3.47. The molecule has 0 saturated carbocycles. The number of carbonyl (C=O) groups excluding carboxylic acids is 1. The molecule has 59 heavy (non-hydrogen) atoms. The monoisotopic (exact) mass is 824 g/mol. The maximum atomic E-state index is 12.4. The van der Waals surface area contributed by atoms with Gasteiger partial charge in [0.15, 0.2) is 0 Å². The second kappa shape index (κ2) is 50.4. The Bertz CT molecular complexity index is 981. The van der Waals surface area contributed by atoms with Crippen LogP contribution in [0.3, 0.4) is 0 Å². The standard InChI is InChI=1S/C55H101NO3/c1-3-5-7-9-11-13-15-17-19-20-21-22-23-24-25-26-27-28-29-30-31-32-33-34-35-36-37-39-41-43-45-47-49-51-55(59)56-53(52-57)54(58)50-48-46-44-42-40-38-18-16-14-12-10-8-6-4-2/h14-17,20-21,40,42,48,50,53-54,57-58H,3-13,18-19,22-39,41,43-47,49,51-52H2,1-2H3,(H,56,59)/b16-14+,17-15-,21-20-,42-40+,50-48+. The third kappa shape index (κ3) is 47.0. The summed E-state index contributed by atoms with van der Waals surface area (Å²) in [4.78, 5) is 12.4. The number of rotatable bonds is 47. The second-order valence-electron chi connectivity index (χ2n) is 17.6. The van der Waals surface area contributed by atoms with Crippen molar-refractivity contribution in [2.24, 2.45) is 0 Å². The van der Waals surface area contributed by atoms with Crippen molar-refractivity contribution < 1.29 is 15.0 Å². The molecule has 0 saturated heterocycles. The first-order chi connectivity index (χ1) is 29.2. The molecule has 2 unspecified atom stereocenters. The fourth-order valence-corrected chi connectivity index (χ4v) is 7.71. The van der Waals surface area contributed by atoms with E-state index in [0.29, 0.717) is 6.42 Å². The first kappa shape index (κ1) is 57.1. The van der Waals surface area contributed by atoms with Gasteiger partial charge in [-0.3, -0.25) is 4.79 Å². The SMILES string of the molecule is CCCCCC/C=C/CC/C=C/CC/C=C/C(O)C(CO)NC(=O)CCCCCCCCCCCCCCCCCCCCCCC/C=C\C/C=C\CCCCCCC. The zero-order valence-corrected chi connectivity index (χ0v) is 39.5. The molecule has 2 atom stereocenters. The van der Waals surface area contributed by atoms with E-state index in [1.807, 2.05) is 6.08 Å². The summed E-state index contributed by atoms with van der Waals surface area (Å²) in [6.07, 6.45) is 70.9. The number of unbranched alkanes of at least 4 members (excludes halogenated alkanes) is 32. The van der Waals surface area contributed by atoms with Crippen molar-refractivity contribution in [1.82, 2.24) is 5.32 Å². The average Bonchev–Trinajstić information content (AvgIpc) is 3.24. The summed E-state index contributed by atoms with van der Waals surface area (Å²) in [7, 11) is 0. The van der Waals surface area contributed by atoms with Gasteiger partial charge in [-0.05, 0) is 77.0 Å². The molecule has 0 aromatic carbocycles. The minimum absolute atomic E-state index is 0.0767. The summed E-state index contributed by atoms with van der Waals surface area (Å²) in [6.45, 7) is 4.27. The topological polar surface area (TPSA) is 69.6 Å². The summed E-state index contributed by atoms with van der Waals surface area (Å²) < 4.78 is 0. The van der Waals surface area contributed by atoms with Crippen LogP contribution in [0.25, 0.3) is 0 Å². The largest absolute Gasteiger partial charge is 0.394 e. The molecule has 0 aliphatic rings. The number of amides is 1. The van der Waals surface area contributed by atoms with Crippen LogP contribution < -0.4 is 5.32 Å². The van der Waals surface area contributed by atoms with Gasteiger partial charge in [-0.25, -0.2) is 0 Å². The van der Waals surface area contributed by atoms with Gasteiger partial charge in [-0.1, -0.05) is 242 Å². The Kier molecular flexibility index (Phi) is 48.8. The van der Waals surface area contributed by atoms with E-state index in [-0.39, 0.29) is 12.5 Å². The Morgan fingerprint density at radius 2 is 0.712 bits per heavy atom. The predicted octanol–water partition coefficient (Wildman–Crippen LogP) is 16.9. The smallest absolute Gasteiger partial charge is 0.220 e. The predicted molar refractivity (Wildman–Crippen MR) is 262 cm³/mol. The van der Waals surface area contributed by atoms with Crippen molar-refractivity contribution in [2.45, 2.75) is 276 Å². The highest BCUT2D eigenvalue weighted by molar-refractivity contribution is 5.76. The fourth-order valence-electron chi connectivity index (χ4n) is 7.71. The summed E-state index contributed by atoms with van der Waals surface area (Å²) in [6, 6.07) is -0.645. The number of aliphatic hydroxyl groups is 2. The number of nitrogens with one attached hydrogen (secondary N) is 1.